The van der Waals surface area contributed by atoms with E-state index in [1.54, 1.807) is 7.05 Å². The zero-order valence-corrected chi connectivity index (χ0v) is 13.8. The van der Waals surface area contributed by atoms with E-state index in [1.165, 1.54) is 17.2 Å². The van der Waals surface area contributed by atoms with Crippen molar-refractivity contribution >= 4 is 35.1 Å². The molecule has 7 heteroatoms. The number of pyridine rings is 1. The predicted molar refractivity (Wildman–Crippen MR) is 87.5 cm³/mol. The molecule has 0 atom stereocenters. The van der Waals surface area contributed by atoms with E-state index in [-0.39, 0.29) is 28.3 Å². The summed E-state index contributed by atoms with van der Waals surface area (Å²) < 4.78 is 4.97. The summed E-state index contributed by atoms with van der Waals surface area (Å²) in [5, 5.41) is 0.246. The molecular formula is C16H14Cl2N2O3. The molecule has 1 aromatic heterocycles. The maximum absolute atomic E-state index is 12.0. The van der Waals surface area contributed by atoms with Gasteiger partial charge >= 0.3 is 5.97 Å². The van der Waals surface area contributed by atoms with Crippen molar-refractivity contribution in [2.75, 3.05) is 13.7 Å². The molecule has 0 saturated carbocycles. The first kappa shape index (κ1) is 17.2. The average Bonchev–Trinajstić information content (AvgIpc) is 2.55. The minimum Gasteiger partial charge on any atom is -0.452 e. The third-order valence-electron chi connectivity index (χ3n) is 3.05. The highest BCUT2D eigenvalue weighted by molar-refractivity contribution is 6.41. The van der Waals surface area contributed by atoms with Crippen LogP contribution in [0.15, 0.2) is 42.6 Å². The van der Waals surface area contributed by atoms with Gasteiger partial charge in [-0.25, -0.2) is 9.78 Å². The maximum Gasteiger partial charge on any atom is 0.340 e. The van der Waals surface area contributed by atoms with E-state index >= 15 is 0 Å². The molecule has 1 heterocycles. The molecule has 120 valence electrons. The quantitative estimate of drug-likeness (QED) is 0.612. The van der Waals surface area contributed by atoms with Crippen LogP contribution < -0.4 is 0 Å². The van der Waals surface area contributed by atoms with Crippen LogP contribution in [0.1, 0.15) is 15.9 Å². The molecule has 0 aliphatic heterocycles. The van der Waals surface area contributed by atoms with Crippen LogP contribution in [0, 0.1) is 0 Å². The Kier molecular flexibility index (Phi) is 5.96. The Balaban J connectivity index is 1.88. The van der Waals surface area contributed by atoms with E-state index in [0.29, 0.717) is 6.54 Å². The number of aromatic nitrogens is 1. The van der Waals surface area contributed by atoms with Gasteiger partial charge in [0.1, 0.15) is 5.15 Å². The molecule has 2 rings (SSSR count). The number of carbonyl (C=O) groups is 2. The van der Waals surface area contributed by atoms with Gasteiger partial charge in [0.2, 0.25) is 0 Å². The van der Waals surface area contributed by atoms with Gasteiger partial charge in [0, 0.05) is 19.8 Å². The van der Waals surface area contributed by atoms with Crippen molar-refractivity contribution in [2.24, 2.45) is 0 Å². The summed E-state index contributed by atoms with van der Waals surface area (Å²) in [5.41, 5.74) is 1.13. The van der Waals surface area contributed by atoms with Crippen molar-refractivity contribution in [2.45, 2.75) is 6.54 Å². The number of nitrogens with zero attached hydrogens (tertiary/aromatic N) is 2. The summed E-state index contributed by atoms with van der Waals surface area (Å²) in [7, 11) is 1.64. The minimum absolute atomic E-state index is 0.0990. The van der Waals surface area contributed by atoms with Gasteiger partial charge in [0.15, 0.2) is 6.61 Å². The van der Waals surface area contributed by atoms with Gasteiger partial charge in [-0.1, -0.05) is 53.5 Å². The molecule has 1 amide bonds. The predicted octanol–water partition coefficient (Wildman–Crippen LogP) is 3.20. The van der Waals surface area contributed by atoms with Crippen molar-refractivity contribution in [1.82, 2.24) is 9.88 Å². The number of hydrogen-bond donors (Lipinski definition) is 0. The fourth-order valence-corrected chi connectivity index (χ4v) is 2.07. The standard InChI is InChI=1S/C16H14Cl2N2O3/c1-20(9-11-5-3-2-4-6-11)14(21)10-23-16(22)12-7-13(17)15(18)19-8-12/h2-8H,9-10H2,1H3. The fraction of sp³-hybridized carbons (Fsp3) is 0.188. The van der Waals surface area contributed by atoms with Crippen molar-refractivity contribution in [3.63, 3.8) is 0 Å². The monoisotopic (exact) mass is 352 g/mol. The summed E-state index contributed by atoms with van der Waals surface area (Å²) in [6, 6.07) is 10.9. The first-order valence-electron chi connectivity index (χ1n) is 6.73. The van der Waals surface area contributed by atoms with Gasteiger partial charge in [-0.15, -0.1) is 0 Å². The molecule has 0 radical (unpaired) electrons. The third-order valence-corrected chi connectivity index (χ3v) is 3.73. The molecule has 1 aromatic carbocycles. The van der Waals surface area contributed by atoms with Crippen LogP contribution in [-0.4, -0.2) is 35.4 Å². The van der Waals surface area contributed by atoms with E-state index in [9.17, 15) is 9.59 Å². The zero-order chi connectivity index (χ0) is 16.8. The molecule has 0 saturated heterocycles. The molecule has 0 unspecified atom stereocenters. The Morgan fingerprint density at radius 3 is 2.57 bits per heavy atom. The lowest BCUT2D eigenvalue weighted by molar-refractivity contribution is -0.133. The molecule has 0 fully saturated rings. The normalized spacial score (nSPS) is 10.2. The Labute approximate surface area is 143 Å². The number of benzene rings is 1. The number of hydrogen-bond acceptors (Lipinski definition) is 4. The SMILES string of the molecule is CN(Cc1ccccc1)C(=O)COC(=O)c1cnc(Cl)c(Cl)c1. The van der Waals surface area contributed by atoms with E-state index in [2.05, 4.69) is 4.98 Å². The van der Waals surface area contributed by atoms with Gasteiger partial charge in [-0.3, -0.25) is 4.79 Å². The molecule has 0 N–H and O–H groups in total. The summed E-state index contributed by atoms with van der Waals surface area (Å²) in [5.74, 6) is -0.993. The van der Waals surface area contributed by atoms with Gasteiger partial charge in [0.05, 0.1) is 10.6 Å². The fourth-order valence-electron chi connectivity index (χ4n) is 1.80. The van der Waals surface area contributed by atoms with Crippen LogP contribution in [0.2, 0.25) is 10.2 Å². The lowest BCUT2D eigenvalue weighted by Gasteiger charge is -2.17. The van der Waals surface area contributed by atoms with Crippen LogP contribution in [0.4, 0.5) is 0 Å². The van der Waals surface area contributed by atoms with Crippen molar-refractivity contribution in [3.8, 4) is 0 Å². The zero-order valence-electron chi connectivity index (χ0n) is 12.3. The second-order valence-corrected chi connectivity index (χ2v) is 5.57. The number of halogens is 2. The highest BCUT2D eigenvalue weighted by Gasteiger charge is 2.15. The first-order chi connectivity index (χ1) is 11.0. The third kappa shape index (κ3) is 4.94. The minimum atomic E-state index is -0.683. The van der Waals surface area contributed by atoms with E-state index in [1.807, 2.05) is 30.3 Å². The number of esters is 1. The lowest BCUT2D eigenvalue weighted by Crippen LogP contribution is -2.30. The Morgan fingerprint density at radius 2 is 1.91 bits per heavy atom. The van der Waals surface area contributed by atoms with E-state index in [4.69, 9.17) is 27.9 Å². The molecule has 0 bridgehead atoms. The van der Waals surface area contributed by atoms with Gasteiger partial charge in [-0.2, -0.15) is 0 Å². The van der Waals surface area contributed by atoms with Gasteiger partial charge in [0.25, 0.3) is 5.91 Å². The lowest BCUT2D eigenvalue weighted by atomic mass is 10.2. The number of amides is 1. The Morgan fingerprint density at radius 1 is 1.22 bits per heavy atom. The Hall–Kier alpha value is -2.11. The molecule has 0 aliphatic rings. The molecule has 23 heavy (non-hydrogen) atoms. The summed E-state index contributed by atoms with van der Waals surface area (Å²) in [6.45, 7) is 0.0773. The highest BCUT2D eigenvalue weighted by Crippen LogP contribution is 2.20. The average molecular weight is 353 g/mol. The van der Waals surface area contributed by atoms with E-state index < -0.39 is 5.97 Å². The number of ether oxygens (including phenoxy) is 1. The molecular weight excluding hydrogens is 339 g/mol. The topological polar surface area (TPSA) is 59.5 Å². The van der Waals surface area contributed by atoms with Crippen LogP contribution in [0.3, 0.4) is 0 Å². The first-order valence-corrected chi connectivity index (χ1v) is 7.49. The second-order valence-electron chi connectivity index (χ2n) is 4.81. The molecule has 5 nitrogen and oxygen atoms in total. The summed E-state index contributed by atoms with van der Waals surface area (Å²) in [6.07, 6.45) is 1.24. The summed E-state index contributed by atoms with van der Waals surface area (Å²) in [4.78, 5) is 29.1. The molecule has 2 aromatic rings. The van der Waals surface area contributed by atoms with Crippen LogP contribution in [0.25, 0.3) is 0 Å². The maximum atomic E-state index is 12.0. The number of likely N-dealkylation sites (N-methyl/N-ethyl adjacent to an activating group) is 1. The smallest absolute Gasteiger partial charge is 0.340 e. The Bertz CT molecular complexity index is 708. The van der Waals surface area contributed by atoms with Crippen LogP contribution in [-0.2, 0) is 16.1 Å². The number of rotatable bonds is 5. The largest absolute Gasteiger partial charge is 0.452 e. The van der Waals surface area contributed by atoms with Gasteiger partial charge < -0.3 is 9.64 Å². The van der Waals surface area contributed by atoms with Crippen molar-refractivity contribution < 1.29 is 14.3 Å². The second kappa shape index (κ2) is 7.94. The molecule has 0 spiro atoms. The van der Waals surface area contributed by atoms with Crippen molar-refractivity contribution in [1.29, 1.82) is 0 Å². The highest BCUT2D eigenvalue weighted by atomic mass is 35.5. The van der Waals surface area contributed by atoms with Crippen LogP contribution in [0.5, 0.6) is 0 Å². The molecule has 0 aliphatic carbocycles. The van der Waals surface area contributed by atoms with Crippen molar-refractivity contribution in [3.05, 3.63) is 63.9 Å². The van der Waals surface area contributed by atoms with Crippen LogP contribution >= 0.6 is 23.2 Å². The van der Waals surface area contributed by atoms with E-state index in [0.717, 1.165) is 5.56 Å². The van der Waals surface area contributed by atoms with Gasteiger partial charge in [-0.05, 0) is 11.6 Å². The number of carbonyl (C=O) groups excluding carboxylic acids is 2. The summed E-state index contributed by atoms with van der Waals surface area (Å²) >= 11 is 11.5.